The number of hydrogen-bond acceptors (Lipinski definition) is 3. The van der Waals surface area contributed by atoms with Crippen molar-refractivity contribution in [1.29, 1.82) is 0 Å². The summed E-state index contributed by atoms with van der Waals surface area (Å²) >= 11 is 11.1. The number of nitrogens with two attached hydrogens (primary N) is 1. The quantitative estimate of drug-likeness (QED) is 0.842. The van der Waals surface area contributed by atoms with Crippen LogP contribution >= 0.6 is 39.3 Å². The van der Waals surface area contributed by atoms with E-state index in [2.05, 4.69) is 20.9 Å². The average Bonchev–Trinajstić information content (AvgIpc) is 2.38. The molecular formula is C13H12BrClN2S. The number of benzene rings is 1. The van der Waals surface area contributed by atoms with Gasteiger partial charge in [0.05, 0.1) is 0 Å². The molecular weight excluding hydrogens is 332 g/mol. The van der Waals surface area contributed by atoms with Gasteiger partial charge in [-0.1, -0.05) is 35.5 Å². The Balaban J connectivity index is 2.23. The molecule has 0 fully saturated rings. The number of thioether (sulfide) groups is 1. The molecule has 0 bridgehead atoms. The van der Waals surface area contributed by atoms with Gasteiger partial charge in [0, 0.05) is 27.5 Å². The summed E-state index contributed by atoms with van der Waals surface area (Å²) in [7, 11) is 0. The molecule has 0 aliphatic heterocycles. The van der Waals surface area contributed by atoms with Gasteiger partial charge in [0.25, 0.3) is 0 Å². The number of pyridine rings is 1. The summed E-state index contributed by atoms with van der Waals surface area (Å²) in [6.07, 6.45) is 1.78. The predicted molar refractivity (Wildman–Crippen MR) is 81.0 cm³/mol. The lowest BCUT2D eigenvalue weighted by molar-refractivity contribution is 0.933. The van der Waals surface area contributed by atoms with Crippen molar-refractivity contribution < 1.29 is 0 Å². The second kappa shape index (κ2) is 6.57. The second-order valence-electron chi connectivity index (χ2n) is 3.69. The van der Waals surface area contributed by atoms with Gasteiger partial charge in [-0.2, -0.15) is 0 Å². The maximum Gasteiger partial charge on any atom is 0.111 e. The van der Waals surface area contributed by atoms with Crippen LogP contribution in [0.2, 0.25) is 5.02 Å². The fourth-order valence-corrected chi connectivity index (χ4v) is 3.24. The summed E-state index contributed by atoms with van der Waals surface area (Å²) in [6.45, 7) is 0.536. The van der Waals surface area contributed by atoms with Gasteiger partial charge in [-0.25, -0.2) is 4.98 Å². The SMILES string of the molecule is NCC(Sc1ncccc1Br)c1cccc(Cl)c1. The van der Waals surface area contributed by atoms with E-state index >= 15 is 0 Å². The molecule has 5 heteroatoms. The molecule has 0 aliphatic rings. The van der Waals surface area contributed by atoms with Gasteiger partial charge in [-0.15, -0.1) is 0 Å². The highest BCUT2D eigenvalue weighted by molar-refractivity contribution is 9.10. The third-order valence-corrected chi connectivity index (χ3v) is 4.85. The van der Waals surface area contributed by atoms with Crippen LogP contribution in [0.1, 0.15) is 10.8 Å². The van der Waals surface area contributed by atoms with Gasteiger partial charge in [0.2, 0.25) is 0 Å². The van der Waals surface area contributed by atoms with E-state index in [1.807, 2.05) is 36.4 Å². The molecule has 94 valence electrons. The van der Waals surface area contributed by atoms with Crippen LogP contribution in [-0.2, 0) is 0 Å². The number of aromatic nitrogens is 1. The molecule has 0 spiro atoms. The minimum absolute atomic E-state index is 0.148. The first-order chi connectivity index (χ1) is 8.70. The van der Waals surface area contributed by atoms with Crippen molar-refractivity contribution in [2.24, 2.45) is 5.73 Å². The van der Waals surface area contributed by atoms with E-state index in [9.17, 15) is 0 Å². The molecule has 0 saturated heterocycles. The van der Waals surface area contributed by atoms with E-state index in [-0.39, 0.29) is 5.25 Å². The first-order valence-corrected chi connectivity index (χ1v) is 7.48. The Kier molecular flexibility index (Phi) is 5.06. The number of nitrogens with zero attached hydrogens (tertiary/aromatic N) is 1. The van der Waals surface area contributed by atoms with E-state index in [1.165, 1.54) is 0 Å². The van der Waals surface area contributed by atoms with Crippen molar-refractivity contribution >= 4 is 39.3 Å². The molecule has 2 nitrogen and oxygen atoms in total. The largest absolute Gasteiger partial charge is 0.329 e. The molecule has 1 aromatic heterocycles. The molecule has 1 aromatic carbocycles. The Hall–Kier alpha value is -0.550. The van der Waals surface area contributed by atoms with Crippen molar-refractivity contribution in [3.8, 4) is 0 Å². The van der Waals surface area contributed by atoms with Crippen LogP contribution in [0.5, 0.6) is 0 Å². The minimum Gasteiger partial charge on any atom is -0.329 e. The number of halogens is 2. The molecule has 0 aliphatic carbocycles. The van der Waals surface area contributed by atoms with E-state index in [0.717, 1.165) is 20.1 Å². The van der Waals surface area contributed by atoms with Crippen LogP contribution in [-0.4, -0.2) is 11.5 Å². The third-order valence-electron chi connectivity index (χ3n) is 2.41. The van der Waals surface area contributed by atoms with E-state index in [0.29, 0.717) is 6.54 Å². The van der Waals surface area contributed by atoms with Crippen LogP contribution < -0.4 is 5.73 Å². The van der Waals surface area contributed by atoms with Crippen molar-refractivity contribution in [2.75, 3.05) is 6.54 Å². The van der Waals surface area contributed by atoms with Crippen LogP contribution in [0.4, 0.5) is 0 Å². The lowest BCUT2D eigenvalue weighted by Gasteiger charge is -2.15. The summed E-state index contributed by atoms with van der Waals surface area (Å²) in [5.41, 5.74) is 6.96. The first kappa shape index (κ1) is 13.9. The molecule has 0 amide bonds. The van der Waals surface area contributed by atoms with Gasteiger partial charge in [0.1, 0.15) is 5.03 Å². The monoisotopic (exact) mass is 342 g/mol. The molecule has 2 aromatic rings. The maximum atomic E-state index is 6.01. The highest BCUT2D eigenvalue weighted by atomic mass is 79.9. The predicted octanol–water partition coefficient (Wildman–Crippen LogP) is 4.29. The number of rotatable bonds is 4. The topological polar surface area (TPSA) is 38.9 Å². The fourth-order valence-electron chi connectivity index (χ4n) is 1.55. The molecule has 0 radical (unpaired) electrons. The third kappa shape index (κ3) is 3.48. The zero-order chi connectivity index (χ0) is 13.0. The molecule has 1 atom stereocenters. The standard InChI is InChI=1S/C13H12BrClN2S/c14-11-5-2-6-17-13(11)18-12(8-16)9-3-1-4-10(15)7-9/h1-7,12H,8,16H2. The Morgan fingerprint density at radius 1 is 1.33 bits per heavy atom. The molecule has 2 rings (SSSR count). The first-order valence-electron chi connectivity index (χ1n) is 5.43. The maximum absolute atomic E-state index is 6.01. The van der Waals surface area contributed by atoms with Gasteiger partial charge in [0.15, 0.2) is 0 Å². The highest BCUT2D eigenvalue weighted by Crippen LogP contribution is 2.37. The van der Waals surface area contributed by atoms with Gasteiger partial charge >= 0.3 is 0 Å². The molecule has 0 saturated carbocycles. The Labute approximate surface area is 124 Å². The smallest absolute Gasteiger partial charge is 0.111 e. The van der Waals surface area contributed by atoms with E-state index in [4.69, 9.17) is 17.3 Å². The highest BCUT2D eigenvalue weighted by Gasteiger charge is 2.14. The van der Waals surface area contributed by atoms with Crippen molar-refractivity contribution in [1.82, 2.24) is 4.98 Å². The summed E-state index contributed by atoms with van der Waals surface area (Å²) in [5.74, 6) is 0. The number of hydrogen-bond donors (Lipinski definition) is 1. The van der Waals surface area contributed by atoms with Crippen molar-refractivity contribution in [3.05, 3.63) is 57.7 Å². The van der Waals surface area contributed by atoms with Gasteiger partial charge in [-0.05, 0) is 45.8 Å². The summed E-state index contributed by atoms with van der Waals surface area (Å²) in [4.78, 5) is 4.34. The Bertz CT molecular complexity index is 536. The molecule has 2 N–H and O–H groups in total. The van der Waals surface area contributed by atoms with Crippen molar-refractivity contribution in [3.63, 3.8) is 0 Å². The van der Waals surface area contributed by atoms with Crippen LogP contribution in [0.3, 0.4) is 0 Å². The van der Waals surface area contributed by atoms with Crippen LogP contribution in [0.25, 0.3) is 0 Å². The molecule has 1 unspecified atom stereocenters. The van der Waals surface area contributed by atoms with Gasteiger partial charge < -0.3 is 5.73 Å². The zero-order valence-electron chi connectivity index (χ0n) is 9.51. The van der Waals surface area contributed by atoms with Gasteiger partial charge in [-0.3, -0.25) is 0 Å². The van der Waals surface area contributed by atoms with Crippen LogP contribution in [0, 0.1) is 0 Å². The average molecular weight is 344 g/mol. The minimum atomic E-state index is 0.148. The fraction of sp³-hybridized carbons (Fsp3) is 0.154. The van der Waals surface area contributed by atoms with Crippen molar-refractivity contribution in [2.45, 2.75) is 10.3 Å². The summed E-state index contributed by atoms with van der Waals surface area (Å²) in [6, 6.07) is 11.6. The Morgan fingerprint density at radius 3 is 2.83 bits per heavy atom. The lowest BCUT2D eigenvalue weighted by Crippen LogP contribution is -2.09. The lowest BCUT2D eigenvalue weighted by atomic mass is 10.1. The summed E-state index contributed by atoms with van der Waals surface area (Å²) in [5, 5.41) is 1.81. The second-order valence-corrected chi connectivity index (χ2v) is 6.17. The van der Waals surface area contributed by atoms with E-state index < -0.39 is 0 Å². The summed E-state index contributed by atoms with van der Waals surface area (Å²) < 4.78 is 0.982. The molecule has 18 heavy (non-hydrogen) atoms. The van der Waals surface area contributed by atoms with E-state index in [1.54, 1.807) is 18.0 Å². The Morgan fingerprint density at radius 2 is 2.17 bits per heavy atom. The van der Waals surface area contributed by atoms with Crippen LogP contribution in [0.15, 0.2) is 52.1 Å². The normalized spacial score (nSPS) is 12.4. The zero-order valence-corrected chi connectivity index (χ0v) is 12.7. The molecule has 1 heterocycles.